The summed E-state index contributed by atoms with van der Waals surface area (Å²) in [5.74, 6) is 1.13. The maximum absolute atomic E-state index is 14.9. The van der Waals surface area contributed by atoms with Gasteiger partial charge >= 0.3 is 0 Å². The molecule has 0 radical (unpaired) electrons. The van der Waals surface area contributed by atoms with Crippen molar-refractivity contribution in [3.8, 4) is 11.1 Å². The first-order valence-electron chi connectivity index (χ1n) is 8.20. The van der Waals surface area contributed by atoms with E-state index >= 15 is 0 Å². The molecule has 5 heteroatoms. The molecule has 1 N–H and O–H groups in total. The molecule has 0 unspecified atom stereocenters. The van der Waals surface area contributed by atoms with E-state index in [9.17, 15) is 4.39 Å². The Morgan fingerprint density at radius 3 is 2.75 bits per heavy atom. The predicted octanol–water partition coefficient (Wildman–Crippen LogP) is 5.06. The van der Waals surface area contributed by atoms with Gasteiger partial charge in [0.1, 0.15) is 17.3 Å². The van der Waals surface area contributed by atoms with E-state index in [2.05, 4.69) is 19.9 Å². The fraction of sp³-hybridized carbons (Fsp3) is 0.316. The Morgan fingerprint density at radius 1 is 1.25 bits per heavy atom. The van der Waals surface area contributed by atoms with Crippen molar-refractivity contribution in [2.75, 3.05) is 0 Å². The molecule has 122 valence electrons. The maximum atomic E-state index is 14.9. The zero-order chi connectivity index (χ0) is 16.8. The van der Waals surface area contributed by atoms with Gasteiger partial charge in [-0.1, -0.05) is 0 Å². The summed E-state index contributed by atoms with van der Waals surface area (Å²) in [6.07, 6.45) is 5.93. The van der Waals surface area contributed by atoms with Crippen LogP contribution >= 0.6 is 0 Å². The smallest absolute Gasteiger partial charge is 0.141 e. The Balaban J connectivity index is 1.82. The van der Waals surface area contributed by atoms with Crippen molar-refractivity contribution in [3.05, 3.63) is 41.7 Å². The zero-order valence-electron chi connectivity index (χ0n) is 14.0. The number of hydrogen-bond acceptors (Lipinski definition) is 3. The molecule has 0 amide bonds. The second-order valence-electron chi connectivity index (χ2n) is 6.60. The Hall–Kier alpha value is -2.56. The van der Waals surface area contributed by atoms with Gasteiger partial charge in [-0.15, -0.1) is 0 Å². The van der Waals surface area contributed by atoms with Crippen LogP contribution in [0.25, 0.3) is 22.2 Å². The monoisotopic (exact) mass is 322 g/mol. The van der Waals surface area contributed by atoms with E-state index < -0.39 is 0 Å². The minimum absolute atomic E-state index is 0.246. The zero-order valence-corrected chi connectivity index (χ0v) is 14.0. The van der Waals surface area contributed by atoms with Crippen LogP contribution < -0.4 is 0 Å². The number of fused-ring (bicyclic) bond motifs is 1. The number of hydrogen-bond donors (Lipinski definition) is 1. The van der Waals surface area contributed by atoms with Crippen LogP contribution in [0.1, 0.15) is 44.0 Å². The first-order valence-corrected chi connectivity index (χ1v) is 8.20. The molecule has 1 fully saturated rings. The van der Waals surface area contributed by atoms with Crippen molar-refractivity contribution in [3.63, 3.8) is 0 Å². The van der Waals surface area contributed by atoms with Gasteiger partial charge in [-0.25, -0.2) is 14.4 Å². The molecule has 1 aliphatic carbocycles. The molecule has 2 aromatic heterocycles. The number of nitrogens with one attached hydrogen (secondary N) is 1. The summed E-state index contributed by atoms with van der Waals surface area (Å²) in [5.41, 5.74) is 4.23. The van der Waals surface area contributed by atoms with Crippen molar-refractivity contribution in [1.82, 2.24) is 15.0 Å². The summed E-state index contributed by atoms with van der Waals surface area (Å²) < 4.78 is 14.9. The Kier molecular flexibility index (Phi) is 3.44. The molecule has 0 aliphatic heterocycles. The van der Waals surface area contributed by atoms with Crippen LogP contribution in [0.5, 0.6) is 0 Å². The molecule has 0 atom stereocenters. The number of aromatic amines is 1. The second kappa shape index (κ2) is 5.51. The molecule has 0 bridgehead atoms. The number of benzene rings is 1. The van der Waals surface area contributed by atoms with Gasteiger partial charge in [-0.05, 0) is 45.7 Å². The van der Waals surface area contributed by atoms with E-state index in [0.29, 0.717) is 22.7 Å². The lowest BCUT2D eigenvalue weighted by Gasteiger charge is -2.08. The molecule has 2 heterocycles. The average Bonchev–Trinajstić information content (AvgIpc) is 3.32. The molecule has 4 rings (SSSR count). The third-order valence-electron chi connectivity index (χ3n) is 4.39. The predicted molar refractivity (Wildman–Crippen MR) is 94.4 cm³/mol. The summed E-state index contributed by atoms with van der Waals surface area (Å²) in [6, 6.07) is 3.64. The molecule has 1 aromatic carbocycles. The largest absolute Gasteiger partial charge is 0.345 e. The van der Waals surface area contributed by atoms with Gasteiger partial charge in [-0.2, -0.15) is 0 Å². The van der Waals surface area contributed by atoms with Crippen LogP contribution in [0.2, 0.25) is 0 Å². The van der Waals surface area contributed by atoms with E-state index in [0.717, 1.165) is 41.0 Å². The lowest BCUT2D eigenvalue weighted by molar-refractivity contribution is 0.622. The summed E-state index contributed by atoms with van der Waals surface area (Å²) in [6.45, 7) is 5.57. The molecule has 3 aromatic rings. The lowest BCUT2D eigenvalue weighted by Crippen LogP contribution is -1.93. The summed E-state index contributed by atoms with van der Waals surface area (Å²) in [5, 5.41) is 0.848. The number of rotatable bonds is 3. The number of aromatic nitrogens is 3. The van der Waals surface area contributed by atoms with Crippen LogP contribution in [-0.2, 0) is 0 Å². The Morgan fingerprint density at radius 2 is 2.04 bits per heavy atom. The topological polar surface area (TPSA) is 53.9 Å². The fourth-order valence-electron chi connectivity index (χ4n) is 2.93. The molecule has 1 aliphatic rings. The van der Waals surface area contributed by atoms with Gasteiger partial charge in [0.2, 0.25) is 0 Å². The first-order chi connectivity index (χ1) is 11.5. The van der Waals surface area contributed by atoms with Gasteiger partial charge in [0, 0.05) is 46.1 Å². The van der Waals surface area contributed by atoms with Crippen LogP contribution in [-0.4, -0.2) is 20.7 Å². The summed E-state index contributed by atoms with van der Waals surface area (Å²) in [4.78, 5) is 16.6. The molecule has 0 spiro atoms. The summed E-state index contributed by atoms with van der Waals surface area (Å²) in [7, 11) is 0. The van der Waals surface area contributed by atoms with Gasteiger partial charge in [0.05, 0.1) is 5.69 Å². The highest BCUT2D eigenvalue weighted by Gasteiger charge is 2.27. The number of halogens is 1. The van der Waals surface area contributed by atoms with Gasteiger partial charge in [-0.3, -0.25) is 4.99 Å². The molecule has 24 heavy (non-hydrogen) atoms. The third-order valence-corrected chi connectivity index (χ3v) is 4.39. The average molecular weight is 322 g/mol. The van der Waals surface area contributed by atoms with Gasteiger partial charge < -0.3 is 4.98 Å². The minimum Gasteiger partial charge on any atom is -0.345 e. The number of nitrogens with zero attached hydrogens (tertiary/aromatic N) is 3. The Labute approximate surface area is 139 Å². The van der Waals surface area contributed by atoms with Gasteiger partial charge in [0.15, 0.2) is 0 Å². The van der Waals surface area contributed by atoms with Crippen molar-refractivity contribution in [2.24, 2.45) is 4.99 Å². The lowest BCUT2D eigenvalue weighted by atomic mass is 10.0. The van der Waals surface area contributed by atoms with Crippen molar-refractivity contribution < 1.29 is 4.39 Å². The van der Waals surface area contributed by atoms with E-state index in [4.69, 9.17) is 0 Å². The minimum atomic E-state index is -0.246. The number of H-pyrrole nitrogens is 1. The highest BCUT2D eigenvalue weighted by Crippen LogP contribution is 2.39. The van der Waals surface area contributed by atoms with Crippen LogP contribution in [0.15, 0.2) is 29.5 Å². The molecule has 4 nitrogen and oxygen atoms in total. The third kappa shape index (κ3) is 2.50. The Bertz CT molecular complexity index is 963. The summed E-state index contributed by atoms with van der Waals surface area (Å²) >= 11 is 0. The highest BCUT2D eigenvalue weighted by molar-refractivity contribution is 5.94. The van der Waals surface area contributed by atoms with Crippen LogP contribution in [0.4, 0.5) is 10.1 Å². The van der Waals surface area contributed by atoms with Gasteiger partial charge in [0.25, 0.3) is 0 Å². The number of aliphatic imine (C=N–C) groups is 1. The quantitative estimate of drug-likeness (QED) is 0.685. The second-order valence-corrected chi connectivity index (χ2v) is 6.60. The maximum Gasteiger partial charge on any atom is 0.141 e. The molecule has 0 saturated heterocycles. The molecular weight excluding hydrogens is 303 g/mol. The van der Waals surface area contributed by atoms with Crippen molar-refractivity contribution in [2.45, 2.75) is 39.5 Å². The van der Waals surface area contributed by atoms with E-state index in [1.807, 2.05) is 26.1 Å². The van der Waals surface area contributed by atoms with E-state index in [1.165, 1.54) is 0 Å². The fourth-order valence-corrected chi connectivity index (χ4v) is 2.93. The van der Waals surface area contributed by atoms with Crippen molar-refractivity contribution in [1.29, 1.82) is 0 Å². The SMILES string of the molecule is CC(C)=Nc1ccc(-c2c[nH]c3nc(C4CC4)ncc23)c(F)c1C. The van der Waals surface area contributed by atoms with Crippen LogP contribution in [0, 0.1) is 12.7 Å². The molecular formula is C19H19FN4. The van der Waals surface area contributed by atoms with E-state index in [-0.39, 0.29) is 5.82 Å². The normalized spacial score (nSPS) is 14.2. The van der Waals surface area contributed by atoms with Crippen molar-refractivity contribution >= 4 is 22.4 Å². The standard InChI is InChI=1S/C19H19FN4/c1-10(2)23-16-7-6-13(17(20)11(16)3)14-8-22-19-15(14)9-21-18(24-19)12-4-5-12/h6-9,12H,4-5H2,1-3H3,(H,21,22,24). The first kappa shape index (κ1) is 15.0. The van der Waals surface area contributed by atoms with Crippen LogP contribution in [0.3, 0.4) is 0 Å². The highest BCUT2D eigenvalue weighted by atomic mass is 19.1. The van der Waals surface area contributed by atoms with E-state index in [1.54, 1.807) is 19.2 Å². The molecule has 1 saturated carbocycles.